The van der Waals surface area contributed by atoms with E-state index in [9.17, 15) is 0 Å². The maximum atomic E-state index is 2.51. The SMILES string of the molecule is CC1(C)c2ccccc2-c2ccc(-c3ccc4c(c3)C(C)(C)c3cc(-c5c6ccccc6c(-c6c7ccccc7c(-c7ccc(-c8ccccc8)cc7)c7ccccc67)c6ccccc56)ccc3-4)cc21. The van der Waals surface area contributed by atoms with Crippen LogP contribution in [0, 0.1) is 0 Å². The second-order valence-corrected chi connectivity index (χ2v) is 20.7. The summed E-state index contributed by atoms with van der Waals surface area (Å²) in [7, 11) is 0. The minimum atomic E-state index is -0.198. The highest BCUT2D eigenvalue weighted by atomic mass is 14.4. The standard InChI is InChI=1S/C70H50/c1-69(2)61-29-17-16-20-49(61)50-37-34-46(40-62(50)69)47-35-38-51-52-39-36-48(42-64(52)70(3,4)63(51)41-47)66-55-23-10-14-27-59(55)68(60-28-15-11-24-56(60)66)67-57-25-12-8-21-53(57)65(54-22-9-13-26-58(54)67)45-32-30-44(31-33-45)43-18-6-5-7-19-43/h5-42H,1-4H3. The van der Waals surface area contributed by atoms with Crippen LogP contribution in [0.15, 0.2) is 231 Å². The van der Waals surface area contributed by atoms with Gasteiger partial charge in [0.2, 0.25) is 0 Å². The first-order chi connectivity index (χ1) is 34.3. The second-order valence-electron chi connectivity index (χ2n) is 20.7. The largest absolute Gasteiger partial charge is 0.0622 e. The Kier molecular flexibility index (Phi) is 8.78. The first kappa shape index (κ1) is 40.7. The van der Waals surface area contributed by atoms with Gasteiger partial charge >= 0.3 is 0 Å². The van der Waals surface area contributed by atoms with Gasteiger partial charge in [-0.3, -0.25) is 0 Å². The molecule has 0 nitrogen and oxygen atoms in total. The van der Waals surface area contributed by atoms with Gasteiger partial charge in [0, 0.05) is 10.8 Å². The van der Waals surface area contributed by atoms with Crippen LogP contribution in [0.5, 0.6) is 0 Å². The van der Waals surface area contributed by atoms with E-state index in [1.807, 2.05) is 0 Å². The Labute approximate surface area is 410 Å². The average Bonchev–Trinajstić information content (AvgIpc) is 3.78. The first-order valence-electron chi connectivity index (χ1n) is 24.8. The maximum absolute atomic E-state index is 2.51. The van der Waals surface area contributed by atoms with Crippen LogP contribution in [0.25, 0.3) is 121 Å². The fraction of sp³-hybridized carbons (Fsp3) is 0.0857. The van der Waals surface area contributed by atoms with Crippen molar-refractivity contribution in [1.82, 2.24) is 0 Å². The highest BCUT2D eigenvalue weighted by Gasteiger charge is 2.38. The lowest BCUT2D eigenvalue weighted by Gasteiger charge is -2.24. The van der Waals surface area contributed by atoms with E-state index < -0.39 is 0 Å². The molecule has 0 unspecified atom stereocenters. The fourth-order valence-corrected chi connectivity index (χ4v) is 12.8. The van der Waals surface area contributed by atoms with Gasteiger partial charge in [0.05, 0.1) is 0 Å². The van der Waals surface area contributed by atoms with Crippen molar-refractivity contribution in [2.24, 2.45) is 0 Å². The summed E-state index contributed by atoms with van der Waals surface area (Å²) < 4.78 is 0. The van der Waals surface area contributed by atoms with Crippen molar-refractivity contribution < 1.29 is 0 Å². The molecule has 0 radical (unpaired) electrons. The summed E-state index contributed by atoms with van der Waals surface area (Å²) in [5.41, 5.74) is 23.4. The topological polar surface area (TPSA) is 0 Å². The van der Waals surface area contributed by atoms with Gasteiger partial charge in [-0.15, -0.1) is 0 Å². The van der Waals surface area contributed by atoms with Gasteiger partial charge < -0.3 is 0 Å². The lowest BCUT2D eigenvalue weighted by Crippen LogP contribution is -2.15. The van der Waals surface area contributed by atoms with Crippen molar-refractivity contribution in [2.45, 2.75) is 38.5 Å². The molecule has 0 fully saturated rings. The number of rotatable bonds is 5. The lowest BCUT2D eigenvalue weighted by atomic mass is 9.79. The smallest absolute Gasteiger partial charge is 0.0159 e. The minimum absolute atomic E-state index is 0.0418. The van der Waals surface area contributed by atoms with E-state index in [2.05, 4.69) is 258 Å². The van der Waals surface area contributed by atoms with Crippen LogP contribution in [0.2, 0.25) is 0 Å². The minimum Gasteiger partial charge on any atom is -0.0622 e. The summed E-state index contributed by atoms with van der Waals surface area (Å²) >= 11 is 0. The van der Waals surface area contributed by atoms with E-state index in [4.69, 9.17) is 0 Å². The molecular formula is C70H50. The summed E-state index contributed by atoms with van der Waals surface area (Å²) in [6.07, 6.45) is 0. The highest BCUT2D eigenvalue weighted by molar-refractivity contribution is 6.30. The van der Waals surface area contributed by atoms with Gasteiger partial charge in [-0.25, -0.2) is 0 Å². The molecule has 14 rings (SSSR count). The molecule has 0 amide bonds. The quantitative estimate of drug-likeness (QED) is 0.151. The summed E-state index contributed by atoms with van der Waals surface area (Å²) in [6, 6.07) is 86.8. The third kappa shape index (κ3) is 5.83. The molecule has 0 heterocycles. The highest BCUT2D eigenvalue weighted by Crippen LogP contribution is 2.55. The zero-order chi connectivity index (χ0) is 46.9. The van der Waals surface area contributed by atoms with Gasteiger partial charge in [0.25, 0.3) is 0 Å². The predicted octanol–water partition coefficient (Wildman–Crippen LogP) is 19.2. The van der Waals surface area contributed by atoms with Crippen LogP contribution in [0.1, 0.15) is 49.9 Å². The van der Waals surface area contributed by atoms with Crippen molar-refractivity contribution in [2.75, 3.05) is 0 Å². The van der Waals surface area contributed by atoms with Crippen molar-refractivity contribution in [3.63, 3.8) is 0 Å². The molecular weight excluding hydrogens is 841 g/mol. The summed E-state index contributed by atoms with van der Waals surface area (Å²) in [5, 5.41) is 10.1. The molecule has 0 N–H and O–H groups in total. The molecule has 0 aliphatic heterocycles. The molecule has 0 spiro atoms. The van der Waals surface area contributed by atoms with Crippen LogP contribution < -0.4 is 0 Å². The van der Waals surface area contributed by atoms with E-state index in [-0.39, 0.29) is 10.8 Å². The van der Waals surface area contributed by atoms with Crippen molar-refractivity contribution in [1.29, 1.82) is 0 Å². The number of benzene rings is 12. The zero-order valence-corrected chi connectivity index (χ0v) is 39.9. The van der Waals surface area contributed by atoms with Gasteiger partial charge in [0.15, 0.2) is 0 Å². The van der Waals surface area contributed by atoms with Crippen LogP contribution in [-0.4, -0.2) is 0 Å². The molecule has 330 valence electrons. The van der Waals surface area contributed by atoms with Crippen LogP contribution >= 0.6 is 0 Å². The number of hydrogen-bond donors (Lipinski definition) is 0. The first-order valence-corrected chi connectivity index (χ1v) is 24.8. The van der Waals surface area contributed by atoms with E-state index in [1.54, 1.807) is 0 Å². The number of fused-ring (bicyclic) bond motifs is 10. The van der Waals surface area contributed by atoms with Crippen molar-refractivity contribution >= 4 is 43.1 Å². The van der Waals surface area contributed by atoms with E-state index in [0.29, 0.717) is 0 Å². The molecule has 12 aromatic rings. The Hall–Kier alpha value is -8.32. The van der Waals surface area contributed by atoms with Crippen molar-refractivity contribution in [3.05, 3.63) is 253 Å². The molecule has 70 heavy (non-hydrogen) atoms. The monoisotopic (exact) mass is 890 g/mol. The molecule has 12 aromatic carbocycles. The molecule has 0 saturated carbocycles. The van der Waals surface area contributed by atoms with E-state index in [0.717, 1.165) is 0 Å². The van der Waals surface area contributed by atoms with Crippen LogP contribution in [0.4, 0.5) is 0 Å². The Morgan fingerprint density at radius 1 is 0.200 bits per heavy atom. The molecule has 2 aliphatic rings. The molecule has 2 aliphatic carbocycles. The Morgan fingerprint density at radius 2 is 0.486 bits per heavy atom. The van der Waals surface area contributed by atoms with Gasteiger partial charge in [0.1, 0.15) is 0 Å². The summed E-state index contributed by atoms with van der Waals surface area (Å²) in [4.78, 5) is 0. The Bertz CT molecular complexity index is 4030. The van der Waals surface area contributed by atoms with Crippen LogP contribution in [-0.2, 0) is 10.8 Å². The van der Waals surface area contributed by atoms with Crippen molar-refractivity contribution in [3.8, 4) is 77.9 Å². The average molecular weight is 891 g/mol. The summed E-state index contributed by atoms with van der Waals surface area (Å²) in [5.74, 6) is 0. The Morgan fingerprint density at radius 3 is 0.943 bits per heavy atom. The predicted molar refractivity (Wildman–Crippen MR) is 299 cm³/mol. The molecule has 0 saturated heterocycles. The second kappa shape index (κ2) is 15.1. The van der Waals surface area contributed by atoms with Gasteiger partial charge in [-0.05, 0) is 161 Å². The fourth-order valence-electron chi connectivity index (χ4n) is 12.8. The van der Waals surface area contributed by atoms with E-state index >= 15 is 0 Å². The lowest BCUT2D eigenvalue weighted by molar-refractivity contribution is 0.659. The maximum Gasteiger partial charge on any atom is 0.0159 e. The van der Waals surface area contributed by atoms with Gasteiger partial charge in [-0.2, -0.15) is 0 Å². The number of hydrogen-bond acceptors (Lipinski definition) is 0. The molecule has 0 heteroatoms. The third-order valence-electron chi connectivity index (χ3n) is 16.3. The zero-order valence-electron chi connectivity index (χ0n) is 39.9. The normalized spacial score (nSPS) is 13.9. The van der Waals surface area contributed by atoms with Gasteiger partial charge in [-0.1, -0.05) is 240 Å². The molecule has 0 aromatic heterocycles. The molecule has 0 atom stereocenters. The van der Waals surface area contributed by atoms with Crippen LogP contribution in [0.3, 0.4) is 0 Å². The molecule has 0 bridgehead atoms. The Balaban J connectivity index is 0.920. The van der Waals surface area contributed by atoms with E-state index in [1.165, 1.54) is 143 Å². The third-order valence-corrected chi connectivity index (χ3v) is 16.3. The summed E-state index contributed by atoms with van der Waals surface area (Å²) in [6.45, 7) is 9.58.